The quantitative estimate of drug-likeness (QED) is 0.731. The summed E-state index contributed by atoms with van der Waals surface area (Å²) in [5, 5.41) is 19.6. The van der Waals surface area contributed by atoms with Gasteiger partial charge in [-0.25, -0.2) is 0 Å². The predicted molar refractivity (Wildman–Crippen MR) is 99.6 cm³/mol. The predicted octanol–water partition coefficient (Wildman–Crippen LogP) is 4.79. The Labute approximate surface area is 147 Å². The minimum atomic E-state index is -0.346. The first-order valence-corrected chi connectivity index (χ1v) is 9.80. The van der Waals surface area contributed by atoms with Crippen LogP contribution in [0.5, 0.6) is 0 Å². The molecule has 0 aromatic heterocycles. The van der Waals surface area contributed by atoms with Gasteiger partial charge in [-0.2, -0.15) is 0 Å². The monoisotopic (exact) mass is 330 g/mol. The lowest BCUT2D eigenvalue weighted by Gasteiger charge is -2.44. The molecule has 2 nitrogen and oxygen atoms in total. The fraction of sp³-hybridized carbons (Fsp3) is 0.727. The Morgan fingerprint density at radius 3 is 2.75 bits per heavy atom. The van der Waals surface area contributed by atoms with Gasteiger partial charge in [0.25, 0.3) is 0 Å². The van der Waals surface area contributed by atoms with E-state index in [0.717, 1.165) is 24.8 Å². The topological polar surface area (TPSA) is 40.5 Å². The lowest BCUT2D eigenvalue weighted by atomic mass is 9.61. The molecule has 0 radical (unpaired) electrons. The molecule has 5 atom stereocenters. The van der Waals surface area contributed by atoms with Crippen LogP contribution < -0.4 is 0 Å². The Morgan fingerprint density at radius 2 is 2.04 bits per heavy atom. The van der Waals surface area contributed by atoms with Crippen molar-refractivity contribution >= 4 is 0 Å². The number of fused-ring (bicyclic) bond motifs is 1. The molecular formula is C22H34O2. The summed E-state index contributed by atoms with van der Waals surface area (Å²) in [6, 6.07) is 0. The first-order chi connectivity index (χ1) is 11.5. The van der Waals surface area contributed by atoms with E-state index in [9.17, 15) is 10.2 Å². The molecule has 3 rings (SSSR count). The summed E-state index contributed by atoms with van der Waals surface area (Å²) in [6.45, 7) is 8.95. The third-order valence-corrected chi connectivity index (χ3v) is 7.24. The highest BCUT2D eigenvalue weighted by Gasteiger charge is 2.50. The number of rotatable bonds is 3. The Hall–Kier alpha value is -0.860. The zero-order valence-electron chi connectivity index (χ0n) is 15.4. The second kappa shape index (κ2) is 7.17. The summed E-state index contributed by atoms with van der Waals surface area (Å²) in [6.07, 6.45) is 13.4. The molecule has 0 aromatic carbocycles. The molecule has 3 fully saturated rings. The van der Waals surface area contributed by atoms with E-state index in [1.54, 1.807) is 5.57 Å². The average Bonchev–Trinajstić information content (AvgIpc) is 2.92. The largest absolute Gasteiger partial charge is 0.396 e. The van der Waals surface area contributed by atoms with Crippen LogP contribution in [-0.4, -0.2) is 22.9 Å². The van der Waals surface area contributed by atoms with Gasteiger partial charge in [0.2, 0.25) is 0 Å². The third kappa shape index (κ3) is 3.28. The van der Waals surface area contributed by atoms with Gasteiger partial charge >= 0.3 is 0 Å². The van der Waals surface area contributed by atoms with E-state index < -0.39 is 0 Å². The Balaban J connectivity index is 1.76. The molecule has 3 saturated carbocycles. The van der Waals surface area contributed by atoms with E-state index in [0.29, 0.717) is 29.8 Å². The molecule has 0 saturated heterocycles. The molecule has 24 heavy (non-hydrogen) atoms. The highest BCUT2D eigenvalue weighted by Crippen LogP contribution is 2.59. The first kappa shape index (κ1) is 17.9. The van der Waals surface area contributed by atoms with Crippen molar-refractivity contribution in [3.05, 3.63) is 35.5 Å². The van der Waals surface area contributed by atoms with Crippen molar-refractivity contribution in [2.45, 2.75) is 71.3 Å². The summed E-state index contributed by atoms with van der Waals surface area (Å²) in [5.41, 5.74) is 4.34. The number of allylic oxidation sites excluding steroid dienone is 3. The van der Waals surface area contributed by atoms with Crippen molar-refractivity contribution in [3.8, 4) is 0 Å². The Bertz CT molecular complexity index is 544. The maximum atomic E-state index is 10.0. The SMILES string of the molecule is C=C1CC/C(=C/C=C2/CCC[C@]3(C)[C@@H]([C@H](C)CO)CC[C@@H]23)C[C@H]1O. The standard InChI is InChI=1S/C22H34O2/c1-15-6-7-17(13-21(15)24)8-9-18-5-4-12-22(3)19(16(2)14-23)10-11-20(18)22/h8-9,16,19-21,23-24H,1,4-7,10-14H2,2-3H3/b17-8-,18-9-/t16-,19-,20+,21-,22-/m1/s1. The molecule has 134 valence electrons. The van der Waals surface area contributed by atoms with Gasteiger partial charge in [0.15, 0.2) is 0 Å². The number of hydrogen-bond acceptors (Lipinski definition) is 2. The van der Waals surface area contributed by atoms with Crippen molar-refractivity contribution in [1.82, 2.24) is 0 Å². The van der Waals surface area contributed by atoms with Crippen LogP contribution in [0.15, 0.2) is 35.5 Å². The van der Waals surface area contributed by atoms with E-state index in [1.165, 1.54) is 37.7 Å². The van der Waals surface area contributed by atoms with Gasteiger partial charge in [-0.3, -0.25) is 0 Å². The highest BCUT2D eigenvalue weighted by atomic mass is 16.3. The fourth-order valence-electron chi connectivity index (χ4n) is 5.70. The van der Waals surface area contributed by atoms with Crippen molar-refractivity contribution in [3.63, 3.8) is 0 Å². The normalized spacial score (nSPS) is 41.7. The van der Waals surface area contributed by atoms with Crippen LogP contribution in [0, 0.1) is 23.2 Å². The summed E-state index contributed by atoms with van der Waals surface area (Å²) in [7, 11) is 0. The third-order valence-electron chi connectivity index (χ3n) is 7.24. The van der Waals surface area contributed by atoms with Crippen LogP contribution >= 0.6 is 0 Å². The van der Waals surface area contributed by atoms with Gasteiger partial charge in [-0.05, 0) is 80.1 Å². The van der Waals surface area contributed by atoms with E-state index in [1.807, 2.05) is 0 Å². The summed E-state index contributed by atoms with van der Waals surface area (Å²) < 4.78 is 0. The van der Waals surface area contributed by atoms with Crippen molar-refractivity contribution in [2.75, 3.05) is 6.61 Å². The Kier molecular flexibility index (Phi) is 5.36. The maximum Gasteiger partial charge on any atom is 0.0784 e. The van der Waals surface area contributed by atoms with Crippen LogP contribution in [0.2, 0.25) is 0 Å². The summed E-state index contributed by atoms with van der Waals surface area (Å²) in [4.78, 5) is 0. The zero-order valence-corrected chi connectivity index (χ0v) is 15.4. The number of aliphatic hydroxyl groups is 2. The molecule has 0 bridgehead atoms. The van der Waals surface area contributed by atoms with Gasteiger partial charge in [-0.15, -0.1) is 0 Å². The van der Waals surface area contributed by atoms with Crippen molar-refractivity contribution in [2.24, 2.45) is 23.2 Å². The minimum absolute atomic E-state index is 0.317. The molecule has 0 aromatic rings. The molecule has 0 unspecified atom stereocenters. The van der Waals surface area contributed by atoms with Crippen LogP contribution in [0.4, 0.5) is 0 Å². The van der Waals surface area contributed by atoms with Gasteiger partial charge < -0.3 is 10.2 Å². The van der Waals surface area contributed by atoms with E-state index >= 15 is 0 Å². The molecule has 0 spiro atoms. The summed E-state index contributed by atoms with van der Waals surface area (Å²) in [5.74, 6) is 1.76. The first-order valence-electron chi connectivity index (χ1n) is 9.80. The zero-order chi connectivity index (χ0) is 17.3. The smallest absolute Gasteiger partial charge is 0.0784 e. The molecule has 2 N–H and O–H groups in total. The summed E-state index contributed by atoms with van der Waals surface area (Å²) >= 11 is 0. The van der Waals surface area contributed by atoms with Crippen molar-refractivity contribution < 1.29 is 10.2 Å². The van der Waals surface area contributed by atoms with Crippen LogP contribution in [0.1, 0.15) is 65.2 Å². The number of hydrogen-bond donors (Lipinski definition) is 2. The lowest BCUT2D eigenvalue weighted by Crippen LogP contribution is -2.36. The molecule has 0 aliphatic heterocycles. The molecule has 3 aliphatic rings. The van der Waals surface area contributed by atoms with Gasteiger partial charge in [-0.1, -0.05) is 43.7 Å². The van der Waals surface area contributed by atoms with E-state index in [2.05, 4.69) is 32.6 Å². The van der Waals surface area contributed by atoms with Crippen molar-refractivity contribution in [1.29, 1.82) is 0 Å². The number of aliphatic hydroxyl groups excluding tert-OH is 2. The molecule has 0 heterocycles. The minimum Gasteiger partial charge on any atom is -0.396 e. The molecular weight excluding hydrogens is 296 g/mol. The fourth-order valence-corrected chi connectivity index (χ4v) is 5.70. The second-order valence-electron chi connectivity index (χ2n) is 8.70. The molecule has 2 heteroatoms. The van der Waals surface area contributed by atoms with Crippen LogP contribution in [0.25, 0.3) is 0 Å². The highest BCUT2D eigenvalue weighted by molar-refractivity contribution is 5.28. The van der Waals surface area contributed by atoms with Crippen LogP contribution in [0.3, 0.4) is 0 Å². The van der Waals surface area contributed by atoms with E-state index in [-0.39, 0.29) is 6.10 Å². The Morgan fingerprint density at radius 1 is 1.25 bits per heavy atom. The van der Waals surface area contributed by atoms with Gasteiger partial charge in [0.1, 0.15) is 0 Å². The lowest BCUT2D eigenvalue weighted by molar-refractivity contribution is 0.0690. The van der Waals surface area contributed by atoms with Gasteiger partial charge in [0.05, 0.1) is 6.10 Å². The average molecular weight is 331 g/mol. The second-order valence-corrected chi connectivity index (χ2v) is 8.70. The van der Waals surface area contributed by atoms with E-state index in [4.69, 9.17) is 0 Å². The van der Waals surface area contributed by atoms with Gasteiger partial charge in [0, 0.05) is 6.61 Å². The molecule has 0 amide bonds. The molecule has 3 aliphatic carbocycles. The maximum absolute atomic E-state index is 10.0. The van der Waals surface area contributed by atoms with Crippen LogP contribution in [-0.2, 0) is 0 Å².